The Kier molecular flexibility index (Phi) is 4.18. The number of anilines is 1. The molecule has 1 aliphatic carbocycles. The SMILES string of the molecule is O=C(NCc1ccnc(N2CCCC2)c1)C1CC(C2CC2)NN1. The zero-order valence-electron chi connectivity index (χ0n) is 13.4. The van der Waals surface area contributed by atoms with Gasteiger partial charge in [-0.1, -0.05) is 0 Å². The molecule has 124 valence electrons. The first kappa shape index (κ1) is 14.9. The number of carbonyl (C=O) groups is 1. The molecule has 0 radical (unpaired) electrons. The van der Waals surface area contributed by atoms with Gasteiger partial charge in [-0.3, -0.25) is 10.2 Å². The molecule has 3 N–H and O–H groups in total. The number of hydrogen-bond acceptors (Lipinski definition) is 5. The molecule has 6 heteroatoms. The standard InChI is InChI=1S/C17H25N5O/c23-17(15-10-14(20-21-15)13-3-4-13)19-11-12-5-6-18-16(9-12)22-7-1-2-8-22/h5-6,9,13-15,20-21H,1-4,7-8,10-11H2,(H,19,23). The van der Waals surface area contributed by atoms with Crippen LogP contribution in [0.2, 0.25) is 0 Å². The fourth-order valence-electron chi connectivity index (χ4n) is 3.56. The van der Waals surface area contributed by atoms with E-state index in [-0.39, 0.29) is 11.9 Å². The summed E-state index contributed by atoms with van der Waals surface area (Å²) >= 11 is 0. The Labute approximate surface area is 137 Å². The minimum absolute atomic E-state index is 0.0835. The van der Waals surface area contributed by atoms with Crippen molar-refractivity contribution in [1.82, 2.24) is 21.2 Å². The van der Waals surface area contributed by atoms with E-state index in [0.717, 1.165) is 36.8 Å². The molecule has 2 aliphatic heterocycles. The summed E-state index contributed by atoms with van der Waals surface area (Å²) in [5, 5.41) is 3.05. The fraction of sp³-hybridized carbons (Fsp3) is 0.647. The van der Waals surface area contributed by atoms with Crippen molar-refractivity contribution in [3.8, 4) is 0 Å². The van der Waals surface area contributed by atoms with Crippen LogP contribution < -0.4 is 21.1 Å². The lowest BCUT2D eigenvalue weighted by atomic mass is 10.1. The van der Waals surface area contributed by atoms with Crippen LogP contribution in [0.1, 0.15) is 37.7 Å². The molecule has 1 aromatic rings. The Balaban J connectivity index is 1.30. The molecule has 0 aromatic carbocycles. The normalized spacial score (nSPS) is 27.4. The predicted octanol–water partition coefficient (Wildman–Crippen LogP) is 0.943. The van der Waals surface area contributed by atoms with E-state index in [1.165, 1.54) is 25.7 Å². The van der Waals surface area contributed by atoms with E-state index in [0.29, 0.717) is 12.6 Å². The minimum atomic E-state index is -0.111. The van der Waals surface area contributed by atoms with Crippen LogP contribution in [0.3, 0.4) is 0 Å². The first-order valence-electron chi connectivity index (χ1n) is 8.78. The Morgan fingerprint density at radius 3 is 2.91 bits per heavy atom. The highest BCUT2D eigenvalue weighted by Crippen LogP contribution is 2.35. The summed E-state index contributed by atoms with van der Waals surface area (Å²) in [6, 6.07) is 4.43. The monoisotopic (exact) mass is 315 g/mol. The number of nitrogens with one attached hydrogen (secondary N) is 3. The van der Waals surface area contributed by atoms with Gasteiger partial charge in [0.25, 0.3) is 0 Å². The van der Waals surface area contributed by atoms with E-state index in [2.05, 4.69) is 32.1 Å². The third-order valence-corrected chi connectivity index (χ3v) is 5.15. The van der Waals surface area contributed by atoms with Crippen LogP contribution in [0.25, 0.3) is 0 Å². The molecule has 3 heterocycles. The third-order valence-electron chi connectivity index (χ3n) is 5.15. The number of aromatic nitrogens is 1. The number of nitrogens with zero attached hydrogens (tertiary/aromatic N) is 2. The molecule has 2 unspecified atom stereocenters. The zero-order chi connectivity index (χ0) is 15.6. The Morgan fingerprint density at radius 1 is 1.30 bits per heavy atom. The number of amides is 1. The van der Waals surface area contributed by atoms with Crippen molar-refractivity contribution in [3.05, 3.63) is 23.9 Å². The summed E-state index contributed by atoms with van der Waals surface area (Å²) in [6.45, 7) is 2.74. The lowest BCUT2D eigenvalue weighted by Gasteiger charge is -2.17. The molecule has 3 aliphatic rings. The minimum Gasteiger partial charge on any atom is -0.357 e. The maximum atomic E-state index is 12.3. The molecule has 23 heavy (non-hydrogen) atoms. The molecule has 3 fully saturated rings. The van der Waals surface area contributed by atoms with Crippen LogP contribution in [0, 0.1) is 5.92 Å². The molecule has 4 rings (SSSR count). The molecule has 6 nitrogen and oxygen atoms in total. The van der Waals surface area contributed by atoms with Crippen molar-refractivity contribution >= 4 is 11.7 Å². The summed E-state index contributed by atoms with van der Waals surface area (Å²) in [7, 11) is 0. The summed E-state index contributed by atoms with van der Waals surface area (Å²) in [5.74, 6) is 1.88. The van der Waals surface area contributed by atoms with Gasteiger partial charge in [0.2, 0.25) is 5.91 Å². The van der Waals surface area contributed by atoms with E-state index in [9.17, 15) is 4.79 Å². The molecule has 1 amide bonds. The van der Waals surface area contributed by atoms with Gasteiger partial charge >= 0.3 is 0 Å². The van der Waals surface area contributed by atoms with Gasteiger partial charge in [0, 0.05) is 31.9 Å². The first-order chi connectivity index (χ1) is 11.3. The van der Waals surface area contributed by atoms with Crippen LogP contribution in [-0.2, 0) is 11.3 Å². The van der Waals surface area contributed by atoms with E-state index in [1.807, 2.05) is 12.3 Å². The maximum Gasteiger partial charge on any atom is 0.238 e. The van der Waals surface area contributed by atoms with Gasteiger partial charge in [-0.25, -0.2) is 10.4 Å². The average Bonchev–Trinajstić information content (AvgIpc) is 3.09. The van der Waals surface area contributed by atoms with E-state index in [4.69, 9.17) is 0 Å². The highest BCUT2D eigenvalue weighted by atomic mass is 16.2. The van der Waals surface area contributed by atoms with E-state index in [1.54, 1.807) is 0 Å². The van der Waals surface area contributed by atoms with Gasteiger partial charge in [-0.05, 0) is 55.7 Å². The number of hydrazine groups is 1. The van der Waals surface area contributed by atoms with Crippen LogP contribution >= 0.6 is 0 Å². The Hall–Kier alpha value is -1.66. The van der Waals surface area contributed by atoms with E-state index >= 15 is 0 Å². The van der Waals surface area contributed by atoms with Crippen molar-refractivity contribution in [2.24, 2.45) is 5.92 Å². The summed E-state index contributed by atoms with van der Waals surface area (Å²) in [4.78, 5) is 19.1. The lowest BCUT2D eigenvalue weighted by Crippen LogP contribution is -2.43. The number of pyridine rings is 1. The van der Waals surface area contributed by atoms with Crippen molar-refractivity contribution in [2.75, 3.05) is 18.0 Å². The zero-order valence-corrected chi connectivity index (χ0v) is 13.4. The predicted molar refractivity (Wildman–Crippen MR) is 88.7 cm³/mol. The first-order valence-corrected chi connectivity index (χ1v) is 8.78. The second-order valence-corrected chi connectivity index (χ2v) is 6.96. The molecule has 2 saturated heterocycles. The van der Waals surface area contributed by atoms with Crippen LogP contribution in [0.5, 0.6) is 0 Å². The highest BCUT2D eigenvalue weighted by molar-refractivity contribution is 5.82. The average molecular weight is 315 g/mol. The largest absolute Gasteiger partial charge is 0.357 e. The van der Waals surface area contributed by atoms with Crippen molar-refractivity contribution in [1.29, 1.82) is 0 Å². The number of hydrogen-bond donors (Lipinski definition) is 3. The molecular formula is C17H25N5O. The van der Waals surface area contributed by atoms with Gasteiger partial charge < -0.3 is 10.2 Å². The van der Waals surface area contributed by atoms with Gasteiger partial charge in [0.05, 0.1) is 0 Å². The second kappa shape index (κ2) is 6.45. The molecule has 0 spiro atoms. The van der Waals surface area contributed by atoms with Crippen LogP contribution in [0.4, 0.5) is 5.82 Å². The molecule has 0 bridgehead atoms. The quantitative estimate of drug-likeness (QED) is 0.754. The second-order valence-electron chi connectivity index (χ2n) is 6.96. The van der Waals surface area contributed by atoms with E-state index < -0.39 is 0 Å². The van der Waals surface area contributed by atoms with Gasteiger partial charge in [-0.2, -0.15) is 0 Å². The van der Waals surface area contributed by atoms with Crippen molar-refractivity contribution in [3.63, 3.8) is 0 Å². The number of carbonyl (C=O) groups excluding carboxylic acids is 1. The topological polar surface area (TPSA) is 69.3 Å². The lowest BCUT2D eigenvalue weighted by molar-refractivity contribution is -0.123. The Morgan fingerprint density at radius 2 is 2.13 bits per heavy atom. The molecule has 1 aromatic heterocycles. The Bertz CT molecular complexity index is 568. The molecule has 1 saturated carbocycles. The van der Waals surface area contributed by atoms with Crippen molar-refractivity contribution < 1.29 is 4.79 Å². The third kappa shape index (κ3) is 3.48. The van der Waals surface area contributed by atoms with Crippen LogP contribution in [-0.4, -0.2) is 36.1 Å². The maximum absolute atomic E-state index is 12.3. The van der Waals surface area contributed by atoms with Crippen molar-refractivity contribution in [2.45, 2.75) is 50.7 Å². The van der Waals surface area contributed by atoms with Gasteiger partial charge in [0.15, 0.2) is 0 Å². The fourth-order valence-corrected chi connectivity index (χ4v) is 3.56. The summed E-state index contributed by atoms with van der Waals surface area (Å²) in [5.41, 5.74) is 7.52. The highest BCUT2D eigenvalue weighted by Gasteiger charge is 2.38. The smallest absolute Gasteiger partial charge is 0.238 e. The molecule has 2 atom stereocenters. The number of rotatable bonds is 5. The van der Waals surface area contributed by atoms with Gasteiger partial charge in [-0.15, -0.1) is 0 Å². The molecular weight excluding hydrogens is 290 g/mol. The van der Waals surface area contributed by atoms with Crippen LogP contribution in [0.15, 0.2) is 18.3 Å². The summed E-state index contributed by atoms with van der Waals surface area (Å²) < 4.78 is 0. The summed E-state index contributed by atoms with van der Waals surface area (Å²) in [6.07, 6.45) is 7.81. The van der Waals surface area contributed by atoms with Gasteiger partial charge in [0.1, 0.15) is 11.9 Å².